The number of hydrogen-bond donors (Lipinski definition) is 1. The lowest BCUT2D eigenvalue weighted by molar-refractivity contribution is -0.129. The van der Waals surface area contributed by atoms with Crippen LogP contribution in [-0.2, 0) is 4.79 Å². The van der Waals surface area contributed by atoms with Crippen LogP contribution in [0.2, 0.25) is 10.0 Å². The molecule has 2 nitrogen and oxygen atoms in total. The highest BCUT2D eigenvalue weighted by molar-refractivity contribution is 6.35. The van der Waals surface area contributed by atoms with Gasteiger partial charge in [-0.15, -0.1) is 0 Å². The lowest BCUT2D eigenvalue weighted by atomic mass is 9.94. The van der Waals surface area contributed by atoms with Crippen molar-refractivity contribution < 1.29 is 9.18 Å². The third-order valence-electron chi connectivity index (χ3n) is 2.53. The summed E-state index contributed by atoms with van der Waals surface area (Å²) in [6.45, 7) is 7.16. The zero-order chi connectivity index (χ0) is 14.1. The van der Waals surface area contributed by atoms with Gasteiger partial charge in [-0.25, -0.2) is 4.39 Å². The smallest absolute Gasteiger partial charge is 0.225 e. The number of halogens is 3. The molecule has 1 rings (SSSR count). The van der Waals surface area contributed by atoms with E-state index in [0.717, 1.165) is 0 Å². The number of nitrogens with one attached hydrogen (secondary N) is 1. The molecule has 0 saturated carbocycles. The van der Waals surface area contributed by atoms with E-state index in [1.54, 1.807) is 27.7 Å². The monoisotopic (exact) mass is 291 g/mol. The molecule has 0 heterocycles. The van der Waals surface area contributed by atoms with Gasteiger partial charge in [0.25, 0.3) is 0 Å². The molecular weight excluding hydrogens is 276 g/mol. The van der Waals surface area contributed by atoms with E-state index in [0.29, 0.717) is 10.6 Å². The molecule has 0 aliphatic rings. The summed E-state index contributed by atoms with van der Waals surface area (Å²) in [6, 6.07) is 2.21. The Labute approximate surface area is 116 Å². The summed E-state index contributed by atoms with van der Waals surface area (Å²) in [6.07, 6.45) is 0. The lowest BCUT2D eigenvalue weighted by Crippen LogP contribution is -2.36. The van der Waals surface area contributed by atoms with Gasteiger partial charge in [-0.2, -0.15) is 0 Å². The minimum atomic E-state index is -0.548. The van der Waals surface area contributed by atoms with Crippen molar-refractivity contribution >= 4 is 29.1 Å². The molecule has 0 radical (unpaired) electrons. The van der Waals surface area contributed by atoms with Gasteiger partial charge in [0.15, 0.2) is 0 Å². The first-order valence-corrected chi connectivity index (χ1v) is 6.34. The van der Waals surface area contributed by atoms with Crippen molar-refractivity contribution in [2.45, 2.75) is 33.7 Å². The highest BCUT2D eigenvalue weighted by atomic mass is 35.5. The number of hydrogen-bond acceptors (Lipinski definition) is 1. The molecule has 0 aromatic heterocycles. The highest BCUT2D eigenvalue weighted by Gasteiger charge is 2.24. The van der Waals surface area contributed by atoms with Crippen molar-refractivity contribution in [3.05, 3.63) is 33.6 Å². The van der Waals surface area contributed by atoms with Crippen molar-refractivity contribution in [3.8, 4) is 0 Å². The molecule has 0 saturated heterocycles. The van der Waals surface area contributed by atoms with Crippen molar-refractivity contribution in [2.75, 3.05) is 0 Å². The average molecular weight is 292 g/mol. The standard InChI is InChI=1S/C13H16Cl2FNO/c1-7(17-12(18)13(2,3)4)8-5-11(16)10(15)6-9(8)14/h5-7H,1-4H3,(H,17,18). The predicted octanol–water partition coefficient (Wildman–Crippen LogP) is 4.36. The molecule has 1 N–H and O–H groups in total. The molecule has 0 spiro atoms. The minimum absolute atomic E-state index is 0.0295. The van der Waals surface area contributed by atoms with E-state index >= 15 is 0 Å². The summed E-state index contributed by atoms with van der Waals surface area (Å²) >= 11 is 11.6. The van der Waals surface area contributed by atoms with E-state index in [4.69, 9.17) is 23.2 Å². The summed E-state index contributed by atoms with van der Waals surface area (Å²) in [4.78, 5) is 11.8. The molecule has 0 bridgehead atoms. The molecule has 5 heteroatoms. The van der Waals surface area contributed by atoms with E-state index < -0.39 is 11.2 Å². The number of carbonyl (C=O) groups is 1. The van der Waals surface area contributed by atoms with Crippen LogP contribution < -0.4 is 5.32 Å². The molecule has 18 heavy (non-hydrogen) atoms. The third kappa shape index (κ3) is 3.59. The molecular formula is C13H16Cl2FNO. The fourth-order valence-electron chi connectivity index (χ4n) is 1.36. The second-order valence-electron chi connectivity index (χ2n) is 5.23. The maximum atomic E-state index is 13.4. The maximum absolute atomic E-state index is 13.4. The Kier molecular flexibility index (Phi) is 4.62. The SMILES string of the molecule is CC(NC(=O)C(C)(C)C)c1cc(F)c(Cl)cc1Cl. The molecule has 1 aromatic rings. The topological polar surface area (TPSA) is 29.1 Å². The fourth-order valence-corrected chi connectivity index (χ4v) is 1.91. The van der Waals surface area contributed by atoms with E-state index in [2.05, 4.69) is 5.32 Å². The second kappa shape index (κ2) is 5.45. The first-order valence-electron chi connectivity index (χ1n) is 5.58. The Morgan fingerprint density at radius 2 is 1.83 bits per heavy atom. The molecule has 0 fully saturated rings. The van der Waals surface area contributed by atoms with Crippen LogP contribution in [0.1, 0.15) is 39.3 Å². The van der Waals surface area contributed by atoms with Crippen LogP contribution in [0, 0.1) is 11.2 Å². The van der Waals surface area contributed by atoms with Gasteiger partial charge in [-0.05, 0) is 24.6 Å². The number of rotatable bonds is 2. The van der Waals surface area contributed by atoms with Gasteiger partial charge in [0.05, 0.1) is 11.1 Å². The van der Waals surface area contributed by atoms with Gasteiger partial charge in [-0.1, -0.05) is 44.0 Å². The van der Waals surface area contributed by atoms with Crippen LogP contribution in [0.25, 0.3) is 0 Å². The maximum Gasteiger partial charge on any atom is 0.225 e. The highest BCUT2D eigenvalue weighted by Crippen LogP contribution is 2.29. The van der Waals surface area contributed by atoms with Crippen molar-refractivity contribution in [1.29, 1.82) is 0 Å². The molecule has 1 unspecified atom stereocenters. The van der Waals surface area contributed by atoms with Crippen molar-refractivity contribution in [2.24, 2.45) is 5.41 Å². The summed E-state index contributed by atoms with van der Waals surface area (Å²) in [5, 5.41) is 3.10. The molecule has 1 amide bonds. The summed E-state index contributed by atoms with van der Waals surface area (Å²) in [7, 11) is 0. The number of carbonyl (C=O) groups excluding carboxylic acids is 1. The normalized spacial score (nSPS) is 13.3. The van der Waals surface area contributed by atoms with Gasteiger partial charge < -0.3 is 5.32 Å². The van der Waals surface area contributed by atoms with Crippen LogP contribution in [0.4, 0.5) is 4.39 Å². The van der Waals surface area contributed by atoms with E-state index in [9.17, 15) is 9.18 Å². The Hall–Kier alpha value is -0.800. The average Bonchev–Trinajstić information content (AvgIpc) is 2.21. The third-order valence-corrected chi connectivity index (χ3v) is 3.15. The number of benzene rings is 1. The van der Waals surface area contributed by atoms with Crippen LogP contribution in [0.3, 0.4) is 0 Å². The second-order valence-corrected chi connectivity index (χ2v) is 6.05. The molecule has 1 atom stereocenters. The van der Waals surface area contributed by atoms with Gasteiger partial charge >= 0.3 is 0 Å². The predicted molar refractivity (Wildman–Crippen MR) is 72.4 cm³/mol. The molecule has 0 aliphatic heterocycles. The van der Waals surface area contributed by atoms with Gasteiger partial charge in [0, 0.05) is 10.4 Å². The zero-order valence-corrected chi connectivity index (χ0v) is 12.3. The Bertz CT molecular complexity index is 469. The van der Waals surface area contributed by atoms with Gasteiger partial charge in [0.2, 0.25) is 5.91 Å². The number of amides is 1. The van der Waals surface area contributed by atoms with Gasteiger partial charge in [-0.3, -0.25) is 4.79 Å². The molecule has 100 valence electrons. The first kappa shape index (κ1) is 15.3. The Morgan fingerprint density at radius 1 is 1.28 bits per heavy atom. The summed E-state index contributed by atoms with van der Waals surface area (Å²) in [5.74, 6) is -0.672. The minimum Gasteiger partial charge on any atom is -0.349 e. The van der Waals surface area contributed by atoms with E-state index in [-0.39, 0.29) is 17.0 Å². The van der Waals surface area contributed by atoms with E-state index in [1.807, 2.05) is 0 Å². The van der Waals surface area contributed by atoms with Crippen LogP contribution in [0.15, 0.2) is 12.1 Å². The van der Waals surface area contributed by atoms with Crippen molar-refractivity contribution in [3.63, 3.8) is 0 Å². The first-order chi connectivity index (χ1) is 8.12. The zero-order valence-electron chi connectivity index (χ0n) is 10.8. The van der Waals surface area contributed by atoms with Crippen LogP contribution in [-0.4, -0.2) is 5.91 Å². The molecule has 0 aliphatic carbocycles. The Balaban J connectivity index is 2.95. The Morgan fingerprint density at radius 3 is 2.33 bits per heavy atom. The van der Waals surface area contributed by atoms with Crippen LogP contribution >= 0.6 is 23.2 Å². The van der Waals surface area contributed by atoms with Crippen molar-refractivity contribution in [1.82, 2.24) is 5.32 Å². The summed E-state index contributed by atoms with van der Waals surface area (Å²) in [5.41, 5.74) is 0.00211. The van der Waals surface area contributed by atoms with Gasteiger partial charge in [0.1, 0.15) is 5.82 Å². The largest absolute Gasteiger partial charge is 0.349 e. The fraction of sp³-hybridized carbons (Fsp3) is 0.462. The quantitative estimate of drug-likeness (QED) is 0.806. The molecule has 1 aromatic carbocycles. The lowest BCUT2D eigenvalue weighted by Gasteiger charge is -2.22. The van der Waals surface area contributed by atoms with E-state index in [1.165, 1.54) is 12.1 Å². The van der Waals surface area contributed by atoms with Crippen LogP contribution in [0.5, 0.6) is 0 Å². The summed E-state index contributed by atoms with van der Waals surface area (Å²) < 4.78 is 13.4.